The summed E-state index contributed by atoms with van der Waals surface area (Å²) in [6.07, 6.45) is 0. The van der Waals surface area contributed by atoms with Crippen LogP contribution in [0.25, 0.3) is 0 Å². The molecule has 0 radical (unpaired) electrons. The topological polar surface area (TPSA) is 83.2 Å². The summed E-state index contributed by atoms with van der Waals surface area (Å²) in [4.78, 5) is -0.258. The van der Waals surface area contributed by atoms with Crippen LogP contribution in [0.3, 0.4) is 0 Å². The summed E-state index contributed by atoms with van der Waals surface area (Å²) in [6.45, 7) is 0. The molecule has 0 spiro atoms. The molecule has 0 bridgehead atoms. The van der Waals surface area contributed by atoms with Gasteiger partial charge in [0.05, 0.1) is 4.90 Å². The molecular weight excluding hydrogens is 232 g/mol. The number of benzene rings is 1. The average Bonchev–Trinajstić information content (AvgIpc) is 1.86. The molecule has 1 aromatic carbocycles. The van der Waals surface area contributed by atoms with Gasteiger partial charge in [-0.2, -0.15) is 0 Å². The van der Waals surface area contributed by atoms with Crippen molar-refractivity contribution in [2.75, 3.05) is 5.73 Å². The van der Waals surface area contributed by atoms with Crippen molar-refractivity contribution in [3.63, 3.8) is 0 Å². The Morgan fingerprint density at radius 2 is 1.58 bits per heavy atom. The Morgan fingerprint density at radius 3 is 1.92 bits per heavy atom. The molecule has 0 saturated heterocycles. The van der Waals surface area contributed by atoms with E-state index >= 15 is 0 Å². The minimum atomic E-state index is -4.33. The summed E-state index contributed by atoms with van der Waals surface area (Å²) in [5.41, 5.74) is 5.70. The van der Waals surface area contributed by atoms with Gasteiger partial charge < -0.3 is 10.3 Å². The SMILES string of the molecule is Nc1ccc(S(=O)(=O)[O-])cc1.[Zn+2]. The maximum absolute atomic E-state index is 10.3. The summed E-state index contributed by atoms with van der Waals surface area (Å²) in [6, 6.07) is 5.09. The molecule has 0 atom stereocenters. The van der Waals surface area contributed by atoms with Gasteiger partial charge in [0.1, 0.15) is 10.1 Å². The zero-order chi connectivity index (χ0) is 8.48. The number of anilines is 1. The number of nitrogen functional groups attached to an aromatic ring is 1. The summed E-state index contributed by atoms with van der Waals surface area (Å²) in [7, 11) is -4.33. The van der Waals surface area contributed by atoms with E-state index in [1.54, 1.807) is 0 Å². The van der Waals surface area contributed by atoms with Gasteiger partial charge >= 0.3 is 19.5 Å². The van der Waals surface area contributed by atoms with Gasteiger partial charge in [0.25, 0.3) is 0 Å². The van der Waals surface area contributed by atoms with Crippen LogP contribution in [0.15, 0.2) is 29.2 Å². The molecule has 0 aromatic heterocycles. The predicted molar refractivity (Wildman–Crippen MR) is 38.8 cm³/mol. The van der Waals surface area contributed by atoms with Crippen molar-refractivity contribution >= 4 is 15.8 Å². The summed E-state index contributed by atoms with van der Waals surface area (Å²) in [5, 5.41) is 0. The van der Waals surface area contributed by atoms with E-state index in [1.165, 1.54) is 24.3 Å². The van der Waals surface area contributed by atoms with Gasteiger partial charge in [-0.05, 0) is 24.3 Å². The van der Waals surface area contributed by atoms with E-state index in [0.717, 1.165) is 0 Å². The zero-order valence-corrected chi connectivity index (χ0v) is 10.0. The zero-order valence-electron chi connectivity index (χ0n) is 6.23. The fourth-order valence-electron chi connectivity index (χ4n) is 0.634. The summed E-state index contributed by atoms with van der Waals surface area (Å²) >= 11 is 0. The fraction of sp³-hybridized carbons (Fsp3) is 0. The number of nitrogens with two attached hydrogens (primary N) is 1. The van der Waals surface area contributed by atoms with Gasteiger partial charge in [0.15, 0.2) is 0 Å². The van der Waals surface area contributed by atoms with Crippen LogP contribution in [0.1, 0.15) is 0 Å². The van der Waals surface area contributed by atoms with Crippen LogP contribution in [-0.4, -0.2) is 13.0 Å². The van der Waals surface area contributed by atoms with Crippen molar-refractivity contribution in [1.29, 1.82) is 0 Å². The van der Waals surface area contributed by atoms with E-state index in [9.17, 15) is 13.0 Å². The molecule has 60 valence electrons. The standard InChI is InChI=1S/C6H7NO3S.Zn/c7-5-1-3-6(4-2-5)11(8,9)10;/h1-4H,7H2,(H,8,9,10);/q;+2/p-1. The largest absolute Gasteiger partial charge is 2.00 e. The molecule has 2 N–H and O–H groups in total. The summed E-state index contributed by atoms with van der Waals surface area (Å²) in [5.74, 6) is 0. The second kappa shape index (κ2) is 3.98. The van der Waals surface area contributed by atoms with Crippen molar-refractivity contribution in [3.8, 4) is 0 Å². The Hall–Kier alpha value is -0.447. The molecule has 1 aromatic rings. The van der Waals surface area contributed by atoms with Gasteiger partial charge in [-0.15, -0.1) is 0 Å². The van der Waals surface area contributed by atoms with E-state index in [1.807, 2.05) is 0 Å². The number of rotatable bonds is 1. The molecule has 0 fully saturated rings. The molecule has 0 unspecified atom stereocenters. The molecule has 0 aliphatic heterocycles. The monoisotopic (exact) mass is 236 g/mol. The first-order valence-electron chi connectivity index (χ1n) is 2.81. The fourth-order valence-corrected chi connectivity index (χ4v) is 1.10. The number of hydrogen-bond acceptors (Lipinski definition) is 4. The maximum atomic E-state index is 10.3. The van der Waals surface area contributed by atoms with Crippen LogP contribution < -0.4 is 5.73 Å². The Balaban J connectivity index is 0.00000121. The van der Waals surface area contributed by atoms with Gasteiger partial charge in [0, 0.05) is 5.69 Å². The quantitative estimate of drug-likeness (QED) is 0.429. The van der Waals surface area contributed by atoms with E-state index in [2.05, 4.69) is 0 Å². The molecule has 1 rings (SSSR count). The minimum Gasteiger partial charge on any atom is -0.744 e. The Labute approximate surface area is 83.3 Å². The van der Waals surface area contributed by atoms with Crippen molar-refractivity contribution in [2.45, 2.75) is 4.90 Å². The first-order valence-corrected chi connectivity index (χ1v) is 4.22. The molecule has 12 heavy (non-hydrogen) atoms. The predicted octanol–water partition coefficient (Wildman–Crippen LogP) is 0.170. The van der Waals surface area contributed by atoms with Crippen LogP contribution in [0, 0.1) is 0 Å². The average molecular weight is 238 g/mol. The second-order valence-electron chi connectivity index (χ2n) is 2.02. The molecule has 0 amide bonds. The Bertz CT molecular complexity index is 346. The molecule has 4 nitrogen and oxygen atoms in total. The first kappa shape index (κ1) is 11.6. The smallest absolute Gasteiger partial charge is 0.744 e. The van der Waals surface area contributed by atoms with Crippen molar-refractivity contribution in [3.05, 3.63) is 24.3 Å². The molecule has 0 aliphatic rings. The molecular formula is C6H6NO3SZn+. The molecule has 0 aliphatic carbocycles. The maximum Gasteiger partial charge on any atom is 2.00 e. The van der Waals surface area contributed by atoms with Gasteiger partial charge in [-0.1, -0.05) is 0 Å². The second-order valence-corrected chi connectivity index (χ2v) is 3.40. The van der Waals surface area contributed by atoms with Crippen molar-refractivity contribution < 1.29 is 32.4 Å². The van der Waals surface area contributed by atoms with Gasteiger partial charge in [0.2, 0.25) is 0 Å². The van der Waals surface area contributed by atoms with Crippen LogP contribution in [0.4, 0.5) is 5.69 Å². The van der Waals surface area contributed by atoms with Crippen LogP contribution in [0.5, 0.6) is 0 Å². The third-order valence-corrected chi connectivity index (χ3v) is 2.02. The van der Waals surface area contributed by atoms with Gasteiger partial charge in [-0.3, -0.25) is 0 Å². The third-order valence-electron chi connectivity index (χ3n) is 1.17. The summed E-state index contributed by atoms with van der Waals surface area (Å²) < 4.78 is 31.0. The Kier molecular flexibility index (Phi) is 3.83. The van der Waals surface area contributed by atoms with Crippen LogP contribution in [0.2, 0.25) is 0 Å². The molecule has 0 heterocycles. The van der Waals surface area contributed by atoms with E-state index in [4.69, 9.17) is 5.73 Å². The van der Waals surface area contributed by atoms with E-state index in [-0.39, 0.29) is 24.4 Å². The van der Waals surface area contributed by atoms with Gasteiger partial charge in [-0.25, -0.2) is 8.42 Å². The minimum absolute atomic E-state index is 0. The van der Waals surface area contributed by atoms with Crippen LogP contribution >= 0.6 is 0 Å². The van der Waals surface area contributed by atoms with E-state index in [0.29, 0.717) is 5.69 Å². The normalized spacial score (nSPS) is 10.4. The molecule has 0 saturated carbocycles. The Morgan fingerprint density at radius 1 is 1.17 bits per heavy atom. The van der Waals surface area contributed by atoms with Crippen molar-refractivity contribution in [2.24, 2.45) is 0 Å². The third kappa shape index (κ3) is 2.89. The number of hydrogen-bond donors (Lipinski definition) is 1. The molecule has 6 heteroatoms. The van der Waals surface area contributed by atoms with Crippen LogP contribution in [-0.2, 0) is 29.6 Å². The van der Waals surface area contributed by atoms with E-state index < -0.39 is 10.1 Å². The van der Waals surface area contributed by atoms with Crippen molar-refractivity contribution in [1.82, 2.24) is 0 Å². The first-order chi connectivity index (χ1) is 5.00.